The van der Waals surface area contributed by atoms with Crippen LogP contribution in [0.2, 0.25) is 10.0 Å². The zero-order valence-corrected chi connectivity index (χ0v) is 22.3. The lowest BCUT2D eigenvalue weighted by molar-refractivity contribution is -0.384. The average molecular weight is 606 g/mol. The van der Waals surface area contributed by atoms with E-state index in [9.17, 15) is 33.2 Å². The van der Waals surface area contributed by atoms with Crippen molar-refractivity contribution in [1.82, 2.24) is 4.98 Å². The lowest BCUT2D eigenvalue weighted by Crippen LogP contribution is -2.31. The number of aliphatic hydroxyl groups excluding tert-OH is 1. The molecule has 2 aromatic heterocycles. The van der Waals surface area contributed by atoms with Crippen LogP contribution in [0.5, 0.6) is 0 Å². The minimum Gasteiger partial charge on any atom is -0.503 e. The van der Waals surface area contributed by atoms with E-state index in [4.69, 9.17) is 27.6 Å². The number of hydrogen-bond donors (Lipinski definition) is 1. The van der Waals surface area contributed by atoms with Crippen molar-refractivity contribution in [1.29, 1.82) is 0 Å². The van der Waals surface area contributed by atoms with Gasteiger partial charge in [-0.05, 0) is 42.0 Å². The zero-order valence-electron chi connectivity index (χ0n) is 19.1. The van der Waals surface area contributed by atoms with Gasteiger partial charge in [0, 0.05) is 22.2 Å². The number of halogens is 2. The van der Waals surface area contributed by atoms with E-state index < -0.39 is 38.3 Å². The van der Waals surface area contributed by atoms with Gasteiger partial charge in [-0.25, -0.2) is 13.4 Å². The van der Waals surface area contributed by atoms with Crippen LogP contribution in [0.25, 0.3) is 0 Å². The fourth-order valence-electron chi connectivity index (χ4n) is 3.94. The number of rotatable bonds is 7. The Bertz CT molecular complexity index is 1780. The van der Waals surface area contributed by atoms with Gasteiger partial charge in [0.05, 0.1) is 33.9 Å². The summed E-state index contributed by atoms with van der Waals surface area (Å²) in [7, 11) is -4.19. The van der Waals surface area contributed by atoms with Crippen molar-refractivity contribution in [3.8, 4) is 0 Å². The number of carbonyl (C=O) groups excluding carboxylic acids is 2. The van der Waals surface area contributed by atoms with Gasteiger partial charge in [0.25, 0.3) is 11.6 Å². The summed E-state index contributed by atoms with van der Waals surface area (Å²) in [5, 5.41) is 21.9. The maximum atomic E-state index is 13.3. The Labute approximate surface area is 233 Å². The fourth-order valence-corrected chi connectivity index (χ4v) is 7.00. The van der Waals surface area contributed by atoms with E-state index in [1.165, 1.54) is 36.6 Å². The molecule has 1 N–H and O–H groups in total. The first-order chi connectivity index (χ1) is 18.5. The highest BCUT2D eigenvalue weighted by Gasteiger charge is 2.47. The highest BCUT2D eigenvalue weighted by Crippen LogP contribution is 2.46. The molecule has 4 aromatic rings. The third-order valence-electron chi connectivity index (χ3n) is 5.76. The molecular weight excluding hydrogens is 593 g/mol. The number of amides is 1. The molecule has 1 aliphatic heterocycles. The molecule has 0 unspecified atom stereocenters. The number of benzene rings is 2. The lowest BCUT2D eigenvalue weighted by Gasteiger charge is -2.25. The normalized spacial score (nSPS) is 15.7. The highest BCUT2D eigenvalue weighted by molar-refractivity contribution is 7.93. The van der Waals surface area contributed by atoms with Crippen molar-refractivity contribution < 1.29 is 32.5 Å². The topological polar surface area (TPSA) is 161 Å². The Hall–Kier alpha value is -4.04. The number of ketones is 1. The second-order valence-corrected chi connectivity index (χ2v) is 12.1. The molecule has 0 fully saturated rings. The average Bonchev–Trinajstić information content (AvgIpc) is 3.65. The van der Waals surface area contributed by atoms with Gasteiger partial charge >= 0.3 is 0 Å². The maximum Gasteiger partial charge on any atom is 0.296 e. The molecule has 0 saturated carbocycles. The number of carbonyl (C=O) groups is 2. The second-order valence-electron chi connectivity index (χ2n) is 8.03. The molecule has 5 rings (SSSR count). The van der Waals surface area contributed by atoms with Crippen LogP contribution in [-0.2, 0) is 14.6 Å². The van der Waals surface area contributed by atoms with Crippen molar-refractivity contribution in [3.63, 3.8) is 0 Å². The van der Waals surface area contributed by atoms with Crippen LogP contribution in [0, 0.1) is 10.1 Å². The number of hydrogen-bond acceptors (Lipinski definition) is 10. The highest BCUT2D eigenvalue weighted by atomic mass is 35.5. The summed E-state index contributed by atoms with van der Waals surface area (Å²) in [5.41, 5.74) is -0.433. The van der Waals surface area contributed by atoms with Crippen molar-refractivity contribution in [3.05, 3.63) is 110 Å². The number of nitro groups is 1. The van der Waals surface area contributed by atoms with Crippen LogP contribution in [0.15, 0.2) is 91.9 Å². The maximum absolute atomic E-state index is 13.3. The van der Waals surface area contributed by atoms with Crippen LogP contribution in [0.3, 0.4) is 0 Å². The minimum absolute atomic E-state index is 0.0695. The van der Waals surface area contributed by atoms with Gasteiger partial charge in [-0.2, -0.15) is 0 Å². The molecule has 15 heteroatoms. The van der Waals surface area contributed by atoms with Gasteiger partial charge in [0.1, 0.15) is 4.21 Å². The SMILES string of the molecule is O=C(C1=C(O)C(=O)N(c2ncc(S(=O)(=O)c3ccc([N+](=O)[O-])cc3)s2)[C@H]1c1ccc(Cl)cc1Cl)c1ccco1. The molecular formula is C24H13Cl2N3O8S2. The second kappa shape index (κ2) is 9.93. The molecule has 0 bridgehead atoms. The fraction of sp³-hybridized carbons (Fsp3) is 0.0417. The van der Waals surface area contributed by atoms with Crippen LogP contribution in [0.4, 0.5) is 10.8 Å². The first kappa shape index (κ1) is 26.6. The van der Waals surface area contributed by atoms with E-state index >= 15 is 0 Å². The van der Waals surface area contributed by atoms with E-state index in [0.717, 1.165) is 35.4 Å². The van der Waals surface area contributed by atoms with E-state index in [1.807, 2.05) is 0 Å². The summed E-state index contributed by atoms with van der Waals surface area (Å²) in [6.07, 6.45) is 2.26. The molecule has 198 valence electrons. The third kappa shape index (κ3) is 4.59. The first-order valence-electron chi connectivity index (χ1n) is 10.8. The summed E-state index contributed by atoms with van der Waals surface area (Å²) in [4.78, 5) is 41.7. The number of thiazole rings is 1. The van der Waals surface area contributed by atoms with Crippen molar-refractivity contribution in [2.75, 3.05) is 4.90 Å². The van der Waals surface area contributed by atoms with E-state index in [-0.39, 0.29) is 46.9 Å². The number of sulfone groups is 1. The molecule has 3 heterocycles. The van der Waals surface area contributed by atoms with Crippen molar-refractivity contribution in [2.24, 2.45) is 0 Å². The number of nitrogens with zero attached hydrogens (tertiary/aromatic N) is 3. The molecule has 39 heavy (non-hydrogen) atoms. The zero-order chi connectivity index (χ0) is 28.1. The van der Waals surface area contributed by atoms with Crippen LogP contribution in [0.1, 0.15) is 22.2 Å². The van der Waals surface area contributed by atoms with Gasteiger partial charge in [-0.15, -0.1) is 0 Å². The molecule has 0 spiro atoms. The number of aliphatic hydroxyl groups is 1. The van der Waals surface area contributed by atoms with Crippen molar-refractivity contribution >= 4 is 66.9 Å². The Kier molecular flexibility index (Phi) is 6.76. The molecule has 1 amide bonds. The Morgan fingerprint density at radius 1 is 1.15 bits per heavy atom. The minimum atomic E-state index is -4.19. The monoisotopic (exact) mass is 605 g/mol. The van der Waals surface area contributed by atoms with Crippen molar-refractivity contribution in [2.45, 2.75) is 15.1 Å². The predicted molar refractivity (Wildman–Crippen MR) is 140 cm³/mol. The molecule has 11 nitrogen and oxygen atoms in total. The summed E-state index contributed by atoms with van der Waals surface area (Å²) in [6.45, 7) is 0. The molecule has 0 radical (unpaired) electrons. The Morgan fingerprint density at radius 2 is 1.87 bits per heavy atom. The number of Topliss-reactive ketones (excluding diaryl/α,β-unsaturated/α-hetero) is 1. The number of furan rings is 1. The number of non-ortho nitro benzene ring substituents is 1. The summed E-state index contributed by atoms with van der Waals surface area (Å²) < 4.78 is 31.3. The molecule has 1 aliphatic rings. The van der Waals surface area contributed by atoms with Crippen LogP contribution >= 0.6 is 34.5 Å². The first-order valence-corrected chi connectivity index (χ1v) is 13.8. The standard InChI is InChI=1S/C24H13Cl2N3O8S2/c25-12-3-8-15(16(26)10-12)20-19(21(30)17-2-1-9-37-17)22(31)23(32)28(20)24-27-11-18(38-24)39(35,36)14-6-4-13(5-7-14)29(33)34/h1-11,20,31H/t20-/m0/s1. The van der Waals surface area contributed by atoms with Crippen LogP contribution < -0.4 is 4.90 Å². The van der Waals surface area contributed by atoms with Gasteiger partial charge < -0.3 is 9.52 Å². The molecule has 0 aliphatic carbocycles. The van der Waals surface area contributed by atoms with E-state index in [0.29, 0.717) is 11.3 Å². The number of anilines is 1. The van der Waals surface area contributed by atoms with E-state index in [2.05, 4.69) is 4.98 Å². The quantitative estimate of drug-likeness (QED) is 0.161. The predicted octanol–water partition coefficient (Wildman–Crippen LogP) is 5.57. The van der Waals surface area contributed by atoms with Gasteiger partial charge in [0.15, 0.2) is 16.7 Å². The van der Waals surface area contributed by atoms with Gasteiger partial charge in [-0.1, -0.05) is 40.6 Å². The lowest BCUT2D eigenvalue weighted by atomic mass is 9.95. The third-order valence-corrected chi connectivity index (χ3v) is 9.55. The summed E-state index contributed by atoms with van der Waals surface area (Å²) in [5.74, 6) is -2.85. The molecule has 1 atom stereocenters. The summed E-state index contributed by atoms with van der Waals surface area (Å²) >= 11 is 13.1. The smallest absolute Gasteiger partial charge is 0.296 e. The largest absolute Gasteiger partial charge is 0.503 e. The number of nitro benzene ring substituents is 1. The Morgan fingerprint density at radius 3 is 2.49 bits per heavy atom. The summed E-state index contributed by atoms with van der Waals surface area (Å²) in [6, 6.07) is 10.1. The van der Waals surface area contributed by atoms with Gasteiger partial charge in [0.2, 0.25) is 15.6 Å². The number of aromatic nitrogens is 1. The van der Waals surface area contributed by atoms with E-state index in [1.54, 1.807) is 0 Å². The van der Waals surface area contributed by atoms with Crippen LogP contribution in [-0.4, -0.2) is 35.1 Å². The van der Waals surface area contributed by atoms with Gasteiger partial charge in [-0.3, -0.25) is 24.6 Å². The molecule has 2 aromatic carbocycles. The molecule has 0 saturated heterocycles. The Balaban J connectivity index is 1.60.